The van der Waals surface area contributed by atoms with E-state index in [2.05, 4.69) is 28.6 Å². The molecule has 1 aromatic carbocycles. The Kier molecular flexibility index (Phi) is 3.17. The van der Waals surface area contributed by atoms with Gasteiger partial charge < -0.3 is 4.42 Å². The zero-order valence-corrected chi connectivity index (χ0v) is 10.3. The van der Waals surface area contributed by atoms with Crippen LogP contribution in [0, 0.1) is 0 Å². The predicted molar refractivity (Wildman–Crippen MR) is 67.7 cm³/mol. The summed E-state index contributed by atoms with van der Waals surface area (Å²) >= 11 is 7.48. The highest BCUT2D eigenvalue weighted by molar-refractivity contribution is 9.10. The maximum Gasteiger partial charge on any atom is 0.339 e. The van der Waals surface area contributed by atoms with Gasteiger partial charge in [0, 0.05) is 15.4 Å². The number of halogens is 1. The number of aryl methyl sites for hydroxylation is 1. The molecule has 1 aromatic heterocycles. The molecule has 4 heteroatoms. The lowest BCUT2D eigenvalue weighted by Gasteiger charge is -2.00. The van der Waals surface area contributed by atoms with Crippen molar-refractivity contribution in [1.82, 2.24) is 0 Å². The molecule has 0 aliphatic rings. The van der Waals surface area contributed by atoms with Gasteiger partial charge >= 0.3 is 5.63 Å². The van der Waals surface area contributed by atoms with Crippen LogP contribution in [0.4, 0.5) is 0 Å². The first kappa shape index (κ1) is 10.8. The van der Waals surface area contributed by atoms with Crippen LogP contribution < -0.4 is 5.63 Å². The van der Waals surface area contributed by atoms with E-state index in [0.29, 0.717) is 23.3 Å². The molecule has 0 bridgehead atoms. The third kappa shape index (κ3) is 2.26. The standard InChI is InChI=1S/C11H9BrO2S/c12-9-1-2-10-8(6-9)5-7(3-4-15)11(13)14-10/h1-2,5-6,15H,3-4H2. The van der Waals surface area contributed by atoms with Gasteiger partial charge in [-0.2, -0.15) is 12.6 Å². The second-order valence-electron chi connectivity index (χ2n) is 3.21. The van der Waals surface area contributed by atoms with Crippen LogP contribution >= 0.6 is 28.6 Å². The fourth-order valence-electron chi connectivity index (χ4n) is 1.43. The summed E-state index contributed by atoms with van der Waals surface area (Å²) in [5.41, 5.74) is 1.03. The lowest BCUT2D eigenvalue weighted by Crippen LogP contribution is -2.07. The van der Waals surface area contributed by atoms with E-state index in [1.807, 2.05) is 18.2 Å². The van der Waals surface area contributed by atoms with Crippen molar-refractivity contribution >= 4 is 39.5 Å². The molecule has 78 valence electrons. The minimum absolute atomic E-state index is 0.265. The Morgan fingerprint density at radius 2 is 2.13 bits per heavy atom. The normalized spacial score (nSPS) is 10.8. The summed E-state index contributed by atoms with van der Waals surface area (Å²) in [6.45, 7) is 0. The van der Waals surface area contributed by atoms with Gasteiger partial charge in [-0.15, -0.1) is 0 Å². The Bertz CT molecular complexity index is 548. The molecule has 0 atom stereocenters. The van der Waals surface area contributed by atoms with Crippen molar-refractivity contribution in [2.45, 2.75) is 6.42 Å². The van der Waals surface area contributed by atoms with Crippen LogP contribution in [-0.4, -0.2) is 5.75 Å². The zero-order chi connectivity index (χ0) is 10.8. The molecular weight excluding hydrogens is 276 g/mol. The van der Waals surface area contributed by atoms with Gasteiger partial charge in [0.25, 0.3) is 0 Å². The largest absolute Gasteiger partial charge is 0.423 e. The molecule has 0 spiro atoms. The summed E-state index contributed by atoms with van der Waals surface area (Å²) in [5.74, 6) is 0.643. The SMILES string of the molecule is O=c1oc2ccc(Br)cc2cc1CCS. The van der Waals surface area contributed by atoms with E-state index < -0.39 is 0 Å². The smallest absolute Gasteiger partial charge is 0.339 e. The Labute approximate surface area is 101 Å². The quantitative estimate of drug-likeness (QED) is 0.679. The fourth-order valence-corrected chi connectivity index (χ4v) is 2.05. The molecule has 0 aliphatic heterocycles. The summed E-state index contributed by atoms with van der Waals surface area (Å²) in [4.78, 5) is 11.5. The summed E-state index contributed by atoms with van der Waals surface area (Å²) in [6, 6.07) is 7.43. The predicted octanol–water partition coefficient (Wildman–Crippen LogP) is 3.03. The molecule has 15 heavy (non-hydrogen) atoms. The maximum atomic E-state index is 11.5. The average Bonchev–Trinajstić information content (AvgIpc) is 2.20. The van der Waals surface area contributed by atoms with Crippen molar-refractivity contribution < 1.29 is 4.42 Å². The molecular formula is C11H9BrO2S. The van der Waals surface area contributed by atoms with Gasteiger partial charge in [0.15, 0.2) is 0 Å². The summed E-state index contributed by atoms with van der Waals surface area (Å²) < 4.78 is 6.16. The van der Waals surface area contributed by atoms with Crippen LogP contribution in [0.15, 0.2) is 37.9 Å². The molecule has 2 rings (SSSR count). The summed E-state index contributed by atoms with van der Waals surface area (Å²) in [5, 5.41) is 0.931. The van der Waals surface area contributed by atoms with E-state index in [0.717, 1.165) is 9.86 Å². The van der Waals surface area contributed by atoms with Gasteiger partial charge in [-0.3, -0.25) is 0 Å². The molecule has 0 N–H and O–H groups in total. The molecule has 0 fully saturated rings. The van der Waals surface area contributed by atoms with Gasteiger partial charge in [-0.05, 0) is 36.4 Å². The summed E-state index contributed by atoms with van der Waals surface area (Å²) in [7, 11) is 0. The van der Waals surface area contributed by atoms with E-state index >= 15 is 0 Å². The Morgan fingerprint density at radius 1 is 1.33 bits per heavy atom. The van der Waals surface area contributed by atoms with Crippen LogP contribution in [0.1, 0.15) is 5.56 Å². The van der Waals surface area contributed by atoms with Crippen molar-refractivity contribution in [3.63, 3.8) is 0 Å². The number of thiol groups is 1. The van der Waals surface area contributed by atoms with Crippen molar-refractivity contribution in [2.24, 2.45) is 0 Å². The molecule has 0 saturated carbocycles. The Hall–Kier alpha value is -0.740. The lowest BCUT2D eigenvalue weighted by molar-refractivity contribution is 0.552. The summed E-state index contributed by atoms with van der Waals surface area (Å²) in [6.07, 6.45) is 0.633. The number of hydrogen-bond acceptors (Lipinski definition) is 3. The Morgan fingerprint density at radius 3 is 2.87 bits per heavy atom. The molecule has 0 saturated heterocycles. The van der Waals surface area contributed by atoms with Crippen LogP contribution in [-0.2, 0) is 6.42 Å². The molecule has 2 nitrogen and oxygen atoms in total. The fraction of sp³-hybridized carbons (Fsp3) is 0.182. The highest BCUT2D eigenvalue weighted by Gasteiger charge is 2.04. The highest BCUT2D eigenvalue weighted by atomic mass is 79.9. The first-order valence-electron chi connectivity index (χ1n) is 4.54. The maximum absolute atomic E-state index is 11.5. The van der Waals surface area contributed by atoms with E-state index in [-0.39, 0.29) is 5.63 Å². The van der Waals surface area contributed by atoms with E-state index in [9.17, 15) is 4.79 Å². The molecule has 0 unspecified atom stereocenters. The highest BCUT2D eigenvalue weighted by Crippen LogP contribution is 2.19. The van der Waals surface area contributed by atoms with Gasteiger partial charge in [-0.25, -0.2) is 4.79 Å². The van der Waals surface area contributed by atoms with Gasteiger partial charge in [0.05, 0.1) is 0 Å². The topological polar surface area (TPSA) is 30.2 Å². The van der Waals surface area contributed by atoms with Crippen molar-refractivity contribution in [2.75, 3.05) is 5.75 Å². The number of rotatable bonds is 2. The van der Waals surface area contributed by atoms with Crippen LogP contribution in [0.25, 0.3) is 11.0 Å². The first-order valence-corrected chi connectivity index (χ1v) is 5.96. The van der Waals surface area contributed by atoms with Gasteiger partial charge in [-0.1, -0.05) is 15.9 Å². The number of fused-ring (bicyclic) bond motifs is 1. The molecule has 2 aromatic rings. The van der Waals surface area contributed by atoms with Crippen molar-refractivity contribution in [1.29, 1.82) is 0 Å². The zero-order valence-electron chi connectivity index (χ0n) is 7.87. The number of hydrogen-bond donors (Lipinski definition) is 1. The first-order chi connectivity index (χ1) is 7.20. The van der Waals surface area contributed by atoms with Gasteiger partial charge in [0.1, 0.15) is 5.58 Å². The molecule has 1 heterocycles. The lowest BCUT2D eigenvalue weighted by atomic mass is 10.1. The van der Waals surface area contributed by atoms with Crippen molar-refractivity contribution in [3.05, 3.63) is 44.7 Å². The van der Waals surface area contributed by atoms with E-state index in [4.69, 9.17) is 4.42 Å². The molecule has 0 aliphatic carbocycles. The third-order valence-electron chi connectivity index (χ3n) is 2.15. The number of benzene rings is 1. The molecule has 0 amide bonds. The molecule has 0 radical (unpaired) electrons. The minimum Gasteiger partial charge on any atom is -0.423 e. The third-order valence-corrected chi connectivity index (χ3v) is 2.86. The average molecular weight is 285 g/mol. The van der Waals surface area contributed by atoms with Crippen LogP contribution in [0.3, 0.4) is 0 Å². The minimum atomic E-state index is -0.265. The van der Waals surface area contributed by atoms with Crippen LogP contribution in [0.2, 0.25) is 0 Å². The second kappa shape index (κ2) is 4.41. The van der Waals surface area contributed by atoms with E-state index in [1.54, 1.807) is 6.07 Å². The van der Waals surface area contributed by atoms with E-state index in [1.165, 1.54) is 0 Å². The second-order valence-corrected chi connectivity index (χ2v) is 4.58. The monoisotopic (exact) mass is 284 g/mol. The van der Waals surface area contributed by atoms with Gasteiger partial charge in [0.2, 0.25) is 0 Å². The Balaban J connectivity index is 2.66. The van der Waals surface area contributed by atoms with Crippen molar-refractivity contribution in [3.8, 4) is 0 Å². The van der Waals surface area contributed by atoms with Crippen LogP contribution in [0.5, 0.6) is 0 Å².